The summed E-state index contributed by atoms with van der Waals surface area (Å²) in [6, 6.07) is 17.6. The van der Waals surface area contributed by atoms with E-state index >= 15 is 0 Å². The molecule has 1 heterocycles. The van der Waals surface area contributed by atoms with Crippen LogP contribution >= 0.6 is 0 Å². The SMILES string of the molecule is CCOc1cc(C(Nc2ccc3c(N)nccc3c2)C(=O)NC(C)c2cccc(S(N)(=O)=O)c2)ccc1OC(C)C.O=C(O)C(F)(F)F.[HH]. The van der Waals surface area contributed by atoms with Crippen LogP contribution in [0, 0.1) is 0 Å². The highest BCUT2D eigenvalue weighted by Crippen LogP contribution is 2.34. The van der Waals surface area contributed by atoms with Crippen molar-refractivity contribution in [2.24, 2.45) is 5.14 Å². The first-order valence-electron chi connectivity index (χ1n) is 14.5. The van der Waals surface area contributed by atoms with E-state index in [1.165, 1.54) is 12.1 Å². The van der Waals surface area contributed by atoms with Gasteiger partial charge < -0.3 is 30.9 Å². The molecule has 2 unspecified atom stereocenters. The zero-order valence-electron chi connectivity index (χ0n) is 26.4. The average Bonchev–Trinajstić information content (AvgIpc) is 3.00. The highest BCUT2D eigenvalue weighted by Gasteiger charge is 2.38. The third-order valence-corrected chi connectivity index (χ3v) is 7.53. The lowest BCUT2D eigenvalue weighted by molar-refractivity contribution is -0.192. The molecule has 7 N–H and O–H groups in total. The number of alkyl halides is 3. The molecule has 0 spiro atoms. The number of hydrogen-bond donors (Lipinski definition) is 5. The number of aromatic nitrogens is 1. The van der Waals surface area contributed by atoms with Crippen LogP contribution in [0.1, 0.15) is 52.3 Å². The number of hydrogen-bond acceptors (Lipinski definition) is 9. The van der Waals surface area contributed by atoms with Crippen molar-refractivity contribution in [3.05, 3.63) is 84.1 Å². The maximum Gasteiger partial charge on any atom is 0.490 e. The molecule has 12 nitrogen and oxygen atoms in total. The molecule has 16 heteroatoms. The molecule has 0 bridgehead atoms. The van der Waals surface area contributed by atoms with Gasteiger partial charge in [-0.15, -0.1) is 0 Å². The summed E-state index contributed by atoms with van der Waals surface area (Å²) in [6.07, 6.45) is -3.52. The molecular weight excluding hydrogens is 655 g/mol. The fourth-order valence-corrected chi connectivity index (χ4v) is 4.99. The normalized spacial score (nSPS) is 12.8. The molecule has 1 aromatic heterocycles. The number of fused-ring (bicyclic) bond motifs is 1. The number of amides is 1. The molecule has 260 valence electrons. The molecule has 0 saturated carbocycles. The first-order valence-corrected chi connectivity index (χ1v) is 16.0. The van der Waals surface area contributed by atoms with Crippen LogP contribution in [-0.2, 0) is 19.6 Å². The lowest BCUT2D eigenvalue weighted by Gasteiger charge is -2.24. The van der Waals surface area contributed by atoms with Crippen molar-refractivity contribution in [3.8, 4) is 11.5 Å². The van der Waals surface area contributed by atoms with E-state index in [1.807, 2.05) is 51.1 Å². The topological polar surface area (TPSA) is 196 Å². The summed E-state index contributed by atoms with van der Waals surface area (Å²) < 4.78 is 67.2. The summed E-state index contributed by atoms with van der Waals surface area (Å²) in [6.45, 7) is 7.92. The van der Waals surface area contributed by atoms with E-state index in [1.54, 1.807) is 37.4 Å². The number of pyridine rings is 1. The fourth-order valence-electron chi connectivity index (χ4n) is 4.42. The molecule has 1 amide bonds. The van der Waals surface area contributed by atoms with Crippen LogP contribution in [0.5, 0.6) is 11.5 Å². The van der Waals surface area contributed by atoms with E-state index in [4.69, 9.17) is 30.2 Å². The van der Waals surface area contributed by atoms with Crippen molar-refractivity contribution in [1.82, 2.24) is 10.3 Å². The Morgan fingerprint density at radius 1 is 1.00 bits per heavy atom. The molecule has 2 atom stereocenters. The lowest BCUT2D eigenvalue weighted by atomic mass is 10.0. The van der Waals surface area contributed by atoms with E-state index in [-0.39, 0.29) is 18.3 Å². The third-order valence-electron chi connectivity index (χ3n) is 6.62. The largest absolute Gasteiger partial charge is 0.490 e. The molecule has 48 heavy (non-hydrogen) atoms. The number of carbonyl (C=O) groups excluding carboxylic acids is 1. The first-order chi connectivity index (χ1) is 22.4. The molecule has 0 fully saturated rings. The Bertz CT molecular complexity index is 1880. The molecule has 3 aromatic carbocycles. The van der Waals surface area contributed by atoms with Gasteiger partial charge in [-0.2, -0.15) is 13.2 Å². The van der Waals surface area contributed by atoms with Gasteiger partial charge in [0.15, 0.2) is 11.5 Å². The Kier molecular flexibility index (Phi) is 12.2. The Morgan fingerprint density at radius 2 is 1.69 bits per heavy atom. The lowest BCUT2D eigenvalue weighted by Crippen LogP contribution is -2.35. The molecule has 0 saturated heterocycles. The number of primary sulfonamides is 1. The molecule has 0 aliphatic rings. The molecular formula is C32H38F3N5O7S. The van der Waals surface area contributed by atoms with E-state index in [0.717, 1.165) is 10.8 Å². The number of nitrogens with two attached hydrogens (primary N) is 2. The highest BCUT2D eigenvalue weighted by molar-refractivity contribution is 7.89. The van der Waals surface area contributed by atoms with Gasteiger partial charge in [-0.25, -0.2) is 23.3 Å². The third kappa shape index (κ3) is 10.2. The smallest absolute Gasteiger partial charge is 0.490 e. The van der Waals surface area contributed by atoms with Crippen molar-refractivity contribution < 1.29 is 47.2 Å². The number of rotatable bonds is 11. The van der Waals surface area contributed by atoms with Crippen LogP contribution in [0.15, 0.2) is 77.8 Å². The van der Waals surface area contributed by atoms with Crippen molar-refractivity contribution in [3.63, 3.8) is 0 Å². The van der Waals surface area contributed by atoms with Gasteiger partial charge in [0.1, 0.15) is 11.9 Å². The minimum atomic E-state index is -5.08. The number of sulfonamides is 1. The number of benzene rings is 3. The number of carbonyl (C=O) groups is 2. The minimum Gasteiger partial charge on any atom is -0.490 e. The fraction of sp³-hybridized carbons (Fsp3) is 0.281. The van der Waals surface area contributed by atoms with Gasteiger partial charge in [0.05, 0.1) is 23.6 Å². The molecule has 4 aromatic rings. The number of carboxylic acids is 1. The maximum atomic E-state index is 13.8. The van der Waals surface area contributed by atoms with Crippen LogP contribution in [0.3, 0.4) is 0 Å². The predicted octanol–water partition coefficient (Wildman–Crippen LogP) is 5.56. The van der Waals surface area contributed by atoms with Crippen molar-refractivity contribution >= 4 is 44.2 Å². The summed E-state index contributed by atoms with van der Waals surface area (Å²) in [4.78, 5) is 26.8. The van der Waals surface area contributed by atoms with Crippen LogP contribution in [0.4, 0.5) is 24.7 Å². The van der Waals surface area contributed by atoms with Crippen LogP contribution < -0.4 is 31.0 Å². The summed E-state index contributed by atoms with van der Waals surface area (Å²) in [5.74, 6) is -1.59. The van der Waals surface area contributed by atoms with Gasteiger partial charge in [0, 0.05) is 18.7 Å². The van der Waals surface area contributed by atoms with Gasteiger partial charge in [-0.05, 0) is 92.7 Å². The van der Waals surface area contributed by atoms with E-state index < -0.39 is 34.3 Å². The number of anilines is 2. The Labute approximate surface area is 276 Å². The average molecular weight is 694 g/mol. The number of nitrogens with zero attached hydrogens (tertiary/aromatic N) is 1. The number of aliphatic carboxylic acids is 1. The molecule has 4 rings (SSSR count). The quantitative estimate of drug-likeness (QED) is 0.133. The Morgan fingerprint density at radius 3 is 2.29 bits per heavy atom. The number of halogens is 3. The molecule has 0 aliphatic heterocycles. The van der Waals surface area contributed by atoms with E-state index in [0.29, 0.717) is 40.7 Å². The summed E-state index contributed by atoms with van der Waals surface area (Å²) in [7, 11) is -3.90. The van der Waals surface area contributed by atoms with Gasteiger partial charge in [0.2, 0.25) is 15.9 Å². The molecule has 0 aliphatic carbocycles. The Balaban J connectivity index is 0.000000940. The van der Waals surface area contributed by atoms with Crippen molar-refractivity contribution in [2.75, 3.05) is 17.7 Å². The highest BCUT2D eigenvalue weighted by atomic mass is 32.2. The van der Waals surface area contributed by atoms with Gasteiger partial charge >= 0.3 is 12.1 Å². The van der Waals surface area contributed by atoms with Crippen LogP contribution in [-0.4, -0.2) is 49.3 Å². The zero-order chi connectivity index (χ0) is 35.8. The number of ether oxygens (including phenoxy) is 2. The van der Waals surface area contributed by atoms with Gasteiger partial charge in [-0.3, -0.25) is 4.79 Å². The standard InChI is InChI=1S/C30H35N5O5S.C2HF3O2.H2/c1-5-39-27-17-22(9-12-26(27)40-18(2)3)28(35-23-10-11-25-21(15-23)13-14-33-29(25)31)30(36)34-19(4)20-7-6-8-24(16-20)41(32,37)38;3-2(4,5)1(6)7;/h6-19,28,35H,5H2,1-4H3,(H2,31,33)(H,34,36)(H2,32,37,38);(H,6,7);1H. The minimum absolute atomic E-state index is 0. The summed E-state index contributed by atoms with van der Waals surface area (Å²) >= 11 is 0. The second kappa shape index (κ2) is 15.7. The zero-order valence-corrected chi connectivity index (χ0v) is 27.2. The number of nitrogens with one attached hydrogen (secondary N) is 2. The van der Waals surface area contributed by atoms with Crippen molar-refractivity contribution in [2.45, 2.75) is 57.0 Å². The summed E-state index contributed by atoms with van der Waals surface area (Å²) in [5, 5.41) is 20.4. The Hall–Kier alpha value is -5.09. The van der Waals surface area contributed by atoms with Crippen molar-refractivity contribution in [1.29, 1.82) is 0 Å². The van der Waals surface area contributed by atoms with E-state index in [9.17, 15) is 26.4 Å². The monoisotopic (exact) mass is 693 g/mol. The second-order valence-electron chi connectivity index (χ2n) is 10.7. The number of carboxylic acid groups (broad SMARTS) is 1. The predicted molar refractivity (Wildman–Crippen MR) is 176 cm³/mol. The van der Waals surface area contributed by atoms with Gasteiger partial charge in [0.25, 0.3) is 0 Å². The second-order valence-corrected chi connectivity index (χ2v) is 12.2. The number of nitrogen functional groups attached to an aromatic ring is 1. The van der Waals surface area contributed by atoms with Crippen LogP contribution in [0.25, 0.3) is 10.8 Å². The summed E-state index contributed by atoms with van der Waals surface area (Å²) in [5.41, 5.74) is 7.94. The molecule has 0 radical (unpaired) electrons. The first kappa shape index (κ1) is 37.4. The van der Waals surface area contributed by atoms with E-state index in [2.05, 4.69) is 15.6 Å². The van der Waals surface area contributed by atoms with Gasteiger partial charge in [-0.1, -0.05) is 18.2 Å². The van der Waals surface area contributed by atoms with Crippen LogP contribution in [0.2, 0.25) is 0 Å². The maximum absolute atomic E-state index is 13.8.